The third-order valence-corrected chi connectivity index (χ3v) is 4.17. The van der Waals surface area contributed by atoms with Crippen molar-refractivity contribution in [3.8, 4) is 11.5 Å². The summed E-state index contributed by atoms with van der Waals surface area (Å²) in [6.45, 7) is 0. The summed E-state index contributed by atoms with van der Waals surface area (Å²) < 4.78 is 10.7. The Kier molecular flexibility index (Phi) is 4.84. The lowest BCUT2D eigenvalue weighted by atomic mass is 10.1. The average molecular weight is 368 g/mol. The van der Waals surface area contributed by atoms with Crippen molar-refractivity contribution in [3.05, 3.63) is 42.0 Å². The molecule has 0 spiro atoms. The van der Waals surface area contributed by atoms with Gasteiger partial charge in [0, 0.05) is 29.8 Å². The molecular weight excluding hydrogens is 348 g/mol. The van der Waals surface area contributed by atoms with Crippen LogP contribution >= 0.6 is 0 Å². The van der Waals surface area contributed by atoms with Crippen LogP contribution in [0.1, 0.15) is 5.56 Å². The number of hydrogen-bond donors (Lipinski definition) is 3. The average Bonchev–Trinajstić information content (AvgIpc) is 2.71. The molecule has 2 aromatic carbocycles. The fourth-order valence-electron chi connectivity index (χ4n) is 2.75. The molecule has 0 aliphatic rings. The molecular formula is C18H20N6O3. The van der Waals surface area contributed by atoms with Crippen LogP contribution in [-0.2, 0) is 0 Å². The zero-order valence-corrected chi connectivity index (χ0v) is 15.2. The summed E-state index contributed by atoms with van der Waals surface area (Å²) in [6, 6.07) is 10.7. The smallest absolute Gasteiger partial charge is 0.222 e. The van der Waals surface area contributed by atoms with Crippen LogP contribution in [-0.4, -0.2) is 42.3 Å². The highest BCUT2D eigenvalue weighted by molar-refractivity contribution is 5.98. The Bertz CT molecular complexity index is 1000. The van der Waals surface area contributed by atoms with Crippen molar-refractivity contribution >= 4 is 34.2 Å². The second kappa shape index (κ2) is 7.24. The Balaban J connectivity index is 2.12. The third-order valence-electron chi connectivity index (χ3n) is 4.17. The van der Waals surface area contributed by atoms with E-state index in [1.807, 2.05) is 30.1 Å². The van der Waals surface area contributed by atoms with Crippen LogP contribution in [0.2, 0.25) is 0 Å². The summed E-state index contributed by atoms with van der Waals surface area (Å²) in [6.07, 6.45) is 0. The van der Waals surface area contributed by atoms with Gasteiger partial charge in [-0.3, -0.25) is 0 Å². The number of hydrogen-bond acceptors (Lipinski definition) is 8. The first-order chi connectivity index (χ1) is 13.0. The molecule has 0 aliphatic heterocycles. The SMILES string of the molecule is COc1cc2nc(N)nc(N(C)c3ccc(/C(N)=N/O)cc3)c2cc1OC. The Morgan fingerprint density at radius 2 is 1.70 bits per heavy atom. The number of fused-ring (bicyclic) bond motifs is 1. The van der Waals surface area contributed by atoms with E-state index >= 15 is 0 Å². The first-order valence-corrected chi connectivity index (χ1v) is 7.99. The molecule has 27 heavy (non-hydrogen) atoms. The lowest BCUT2D eigenvalue weighted by molar-refractivity contribution is 0.318. The molecule has 5 N–H and O–H groups in total. The molecule has 0 bridgehead atoms. The number of anilines is 3. The van der Waals surface area contributed by atoms with Crippen molar-refractivity contribution in [1.29, 1.82) is 0 Å². The van der Waals surface area contributed by atoms with E-state index in [2.05, 4.69) is 15.1 Å². The Hall–Kier alpha value is -3.75. The molecule has 0 saturated heterocycles. The number of benzene rings is 2. The van der Waals surface area contributed by atoms with Crippen molar-refractivity contribution in [1.82, 2.24) is 9.97 Å². The van der Waals surface area contributed by atoms with Gasteiger partial charge in [-0.25, -0.2) is 4.98 Å². The summed E-state index contributed by atoms with van der Waals surface area (Å²) in [7, 11) is 4.98. The number of nitrogens with zero attached hydrogens (tertiary/aromatic N) is 4. The van der Waals surface area contributed by atoms with Gasteiger partial charge in [-0.05, 0) is 30.3 Å². The lowest BCUT2D eigenvalue weighted by Crippen LogP contribution is -2.15. The molecule has 0 unspecified atom stereocenters. The number of oxime groups is 1. The molecule has 9 heteroatoms. The van der Waals surface area contributed by atoms with Crippen molar-refractivity contribution in [2.45, 2.75) is 0 Å². The van der Waals surface area contributed by atoms with Gasteiger partial charge < -0.3 is 31.0 Å². The molecule has 1 heterocycles. The lowest BCUT2D eigenvalue weighted by Gasteiger charge is -2.21. The number of methoxy groups -OCH3 is 2. The molecule has 3 rings (SSSR count). The number of ether oxygens (including phenoxy) is 2. The fourth-order valence-corrected chi connectivity index (χ4v) is 2.75. The number of rotatable bonds is 5. The fraction of sp³-hybridized carbons (Fsp3) is 0.167. The quantitative estimate of drug-likeness (QED) is 0.270. The number of nitrogen functional groups attached to an aromatic ring is 1. The highest BCUT2D eigenvalue weighted by Crippen LogP contribution is 2.36. The maximum atomic E-state index is 8.79. The van der Waals surface area contributed by atoms with E-state index in [1.54, 1.807) is 32.4 Å². The molecule has 3 aromatic rings. The monoisotopic (exact) mass is 368 g/mol. The van der Waals surface area contributed by atoms with Crippen molar-refractivity contribution in [2.24, 2.45) is 10.9 Å². The van der Waals surface area contributed by atoms with E-state index in [-0.39, 0.29) is 11.8 Å². The predicted molar refractivity (Wildman–Crippen MR) is 104 cm³/mol. The highest BCUT2D eigenvalue weighted by atomic mass is 16.5. The van der Waals surface area contributed by atoms with E-state index in [0.29, 0.717) is 28.4 Å². The molecule has 0 atom stereocenters. The number of amidine groups is 1. The summed E-state index contributed by atoms with van der Waals surface area (Å²) in [5, 5.41) is 12.5. The van der Waals surface area contributed by atoms with Gasteiger partial charge in [0.15, 0.2) is 17.3 Å². The minimum Gasteiger partial charge on any atom is -0.493 e. The van der Waals surface area contributed by atoms with Crippen LogP contribution in [0.15, 0.2) is 41.6 Å². The molecule has 1 aromatic heterocycles. The first-order valence-electron chi connectivity index (χ1n) is 7.99. The van der Waals surface area contributed by atoms with Gasteiger partial charge in [-0.1, -0.05) is 5.16 Å². The second-order valence-corrected chi connectivity index (χ2v) is 5.72. The van der Waals surface area contributed by atoms with E-state index in [9.17, 15) is 0 Å². The minimum atomic E-state index is 0.0396. The van der Waals surface area contributed by atoms with E-state index in [0.717, 1.165) is 11.1 Å². The standard InChI is InChI=1S/C18H20N6O3/c1-24(11-6-4-10(5-7-11)16(19)23-25)17-12-8-14(26-2)15(27-3)9-13(12)21-18(20)22-17/h4-9,25H,1-3H3,(H2,19,23)(H2,20,21,22). The summed E-state index contributed by atoms with van der Waals surface area (Å²) in [5.74, 6) is 1.91. The van der Waals surface area contributed by atoms with E-state index in [4.69, 9.17) is 26.1 Å². The van der Waals surface area contributed by atoms with Gasteiger partial charge in [0.1, 0.15) is 5.82 Å². The topological polar surface area (TPSA) is 132 Å². The largest absolute Gasteiger partial charge is 0.493 e. The van der Waals surface area contributed by atoms with E-state index < -0.39 is 0 Å². The first kappa shape index (κ1) is 18.1. The summed E-state index contributed by atoms with van der Waals surface area (Å²) in [4.78, 5) is 10.5. The van der Waals surface area contributed by atoms with Crippen LogP contribution in [0.3, 0.4) is 0 Å². The van der Waals surface area contributed by atoms with Crippen molar-refractivity contribution < 1.29 is 14.7 Å². The highest BCUT2D eigenvalue weighted by Gasteiger charge is 2.16. The summed E-state index contributed by atoms with van der Waals surface area (Å²) >= 11 is 0. The molecule has 0 amide bonds. The molecule has 140 valence electrons. The van der Waals surface area contributed by atoms with Crippen LogP contribution < -0.4 is 25.8 Å². The second-order valence-electron chi connectivity index (χ2n) is 5.72. The van der Waals surface area contributed by atoms with E-state index in [1.165, 1.54) is 0 Å². The zero-order valence-electron chi connectivity index (χ0n) is 15.2. The molecule has 9 nitrogen and oxygen atoms in total. The van der Waals surface area contributed by atoms with Gasteiger partial charge in [0.25, 0.3) is 0 Å². The molecule has 0 saturated carbocycles. The maximum Gasteiger partial charge on any atom is 0.222 e. The van der Waals surface area contributed by atoms with Crippen LogP contribution in [0.5, 0.6) is 11.5 Å². The van der Waals surface area contributed by atoms with Crippen LogP contribution in [0.25, 0.3) is 10.9 Å². The Morgan fingerprint density at radius 1 is 1.07 bits per heavy atom. The van der Waals surface area contributed by atoms with Crippen molar-refractivity contribution in [3.63, 3.8) is 0 Å². The number of aromatic nitrogens is 2. The van der Waals surface area contributed by atoms with Crippen molar-refractivity contribution in [2.75, 3.05) is 31.9 Å². The molecule has 0 fully saturated rings. The number of nitrogens with two attached hydrogens (primary N) is 2. The van der Waals surface area contributed by atoms with Gasteiger partial charge >= 0.3 is 0 Å². The van der Waals surface area contributed by atoms with Gasteiger partial charge in [0.2, 0.25) is 5.95 Å². The Morgan fingerprint density at radius 3 is 2.30 bits per heavy atom. The zero-order chi connectivity index (χ0) is 19.6. The third kappa shape index (κ3) is 3.34. The van der Waals surface area contributed by atoms with Gasteiger partial charge in [-0.15, -0.1) is 0 Å². The Labute approximate surface area is 155 Å². The maximum absolute atomic E-state index is 8.79. The van der Waals surface area contributed by atoms with Gasteiger partial charge in [-0.2, -0.15) is 4.98 Å². The van der Waals surface area contributed by atoms with Crippen LogP contribution in [0.4, 0.5) is 17.5 Å². The normalized spacial score (nSPS) is 11.4. The predicted octanol–water partition coefficient (Wildman–Crippen LogP) is 2.09. The molecule has 0 radical (unpaired) electrons. The molecule has 0 aliphatic carbocycles. The minimum absolute atomic E-state index is 0.0396. The van der Waals surface area contributed by atoms with Gasteiger partial charge in [0.05, 0.1) is 19.7 Å². The van der Waals surface area contributed by atoms with Crippen LogP contribution in [0, 0.1) is 0 Å². The summed E-state index contributed by atoms with van der Waals surface area (Å²) in [5.41, 5.74) is 13.6.